The molecular weight excluding hydrogens is 705 g/mol. The average Bonchev–Trinajstić information content (AvgIpc) is 3.04. The largest absolute Gasteiger partial charge is 0.505 e. The maximum Gasteiger partial charge on any atom is 0.296 e. The molecule has 4 aromatic rings. The van der Waals surface area contributed by atoms with E-state index in [-0.39, 0.29) is 50.3 Å². The highest BCUT2D eigenvalue weighted by Gasteiger charge is 2.25. The number of ether oxygens (including phenoxy) is 2. The van der Waals surface area contributed by atoms with Crippen molar-refractivity contribution >= 4 is 69.5 Å². The van der Waals surface area contributed by atoms with Crippen LogP contribution in [0.5, 0.6) is 17.2 Å². The number of sulfonamides is 1. The maximum absolute atomic E-state index is 12.7. The van der Waals surface area contributed by atoms with Gasteiger partial charge in [0.1, 0.15) is 33.5 Å². The van der Waals surface area contributed by atoms with Crippen LogP contribution >= 0.6 is 0 Å². The number of nitrogens with two attached hydrogens (primary N) is 1. The Morgan fingerprint density at radius 2 is 1.31 bits per heavy atom. The predicted octanol–water partition coefficient (Wildman–Crippen LogP) is 5.94. The third-order valence-electron chi connectivity index (χ3n) is 7.20. The van der Waals surface area contributed by atoms with Gasteiger partial charge in [-0.25, -0.2) is 13.1 Å². The van der Waals surface area contributed by atoms with Crippen molar-refractivity contribution in [2.45, 2.75) is 47.4 Å². The summed E-state index contributed by atoms with van der Waals surface area (Å²) in [5.41, 5.74) is 5.23. The summed E-state index contributed by atoms with van der Waals surface area (Å²) in [6.07, 6.45) is 1.28. The molecule has 0 aromatic heterocycles. The van der Waals surface area contributed by atoms with Crippen LogP contribution in [0.15, 0.2) is 89.7 Å². The minimum atomic E-state index is -5.09. The fourth-order valence-corrected chi connectivity index (χ4v) is 7.22. The topological polar surface area (TPSA) is 269 Å². The second kappa shape index (κ2) is 14.4. The van der Waals surface area contributed by atoms with E-state index in [0.717, 1.165) is 18.2 Å². The van der Waals surface area contributed by atoms with Gasteiger partial charge in [0.15, 0.2) is 5.75 Å². The van der Waals surface area contributed by atoms with E-state index in [0.29, 0.717) is 18.5 Å². The number of anilines is 1. The van der Waals surface area contributed by atoms with Crippen LogP contribution in [0.4, 0.5) is 28.4 Å². The van der Waals surface area contributed by atoms with Crippen molar-refractivity contribution in [3.63, 3.8) is 0 Å². The number of nitrogens with zero attached hydrogens (tertiary/aromatic N) is 4. The Kier molecular flexibility index (Phi) is 10.9. The number of aromatic hydroxyl groups is 1. The van der Waals surface area contributed by atoms with Crippen LogP contribution in [0.3, 0.4) is 0 Å². The Bertz CT molecular complexity index is 2290. The zero-order valence-electron chi connectivity index (χ0n) is 26.4. The van der Waals surface area contributed by atoms with Gasteiger partial charge < -0.3 is 20.3 Å². The molecule has 0 heterocycles. The monoisotopic (exact) mass is 736 g/mol. The molecule has 0 amide bonds. The number of azo groups is 2. The van der Waals surface area contributed by atoms with Crippen LogP contribution in [-0.2, 0) is 30.3 Å². The molecule has 0 spiro atoms. The number of hydrogen-bond donors (Lipinski definition) is 5. The van der Waals surface area contributed by atoms with Crippen molar-refractivity contribution in [2.75, 3.05) is 20.0 Å². The first-order chi connectivity index (χ1) is 22.9. The lowest BCUT2D eigenvalue weighted by molar-refractivity contribution is 0.405. The minimum Gasteiger partial charge on any atom is -0.505 e. The van der Waals surface area contributed by atoms with Gasteiger partial charge >= 0.3 is 0 Å². The molecule has 262 valence electrons. The molecule has 0 aliphatic rings. The number of phenolic OH excluding ortho intramolecular Hbond substituents is 1. The maximum atomic E-state index is 12.7. The van der Waals surface area contributed by atoms with Gasteiger partial charge in [-0.1, -0.05) is 13.8 Å². The Balaban J connectivity index is 1.72. The molecule has 4 aromatic carbocycles. The summed E-state index contributed by atoms with van der Waals surface area (Å²) in [5, 5.41) is 26.6. The zero-order valence-corrected chi connectivity index (χ0v) is 28.8. The molecule has 0 fully saturated rings. The Morgan fingerprint density at radius 3 is 1.80 bits per heavy atom. The predicted molar refractivity (Wildman–Crippen MR) is 179 cm³/mol. The average molecular weight is 737 g/mol. The molecule has 0 saturated heterocycles. The number of phenols is 1. The van der Waals surface area contributed by atoms with Gasteiger partial charge in [-0.2, -0.15) is 21.9 Å². The molecule has 4 rings (SSSR count). The first kappa shape index (κ1) is 37.1. The molecule has 0 aliphatic heterocycles. The lowest BCUT2D eigenvalue weighted by Crippen LogP contribution is -2.33. The van der Waals surface area contributed by atoms with E-state index < -0.39 is 51.5 Å². The highest BCUT2D eigenvalue weighted by Crippen LogP contribution is 2.46. The van der Waals surface area contributed by atoms with Gasteiger partial charge in [0.2, 0.25) is 10.0 Å². The molecule has 0 radical (unpaired) electrons. The Labute approximate surface area is 282 Å². The molecule has 17 nitrogen and oxygen atoms in total. The van der Waals surface area contributed by atoms with Gasteiger partial charge in [0.25, 0.3) is 20.2 Å². The quantitative estimate of drug-likeness (QED) is 0.0606. The SMILES string of the molecule is CCC(CC)NS(=O)(=O)c1ccc(/N=N/c2cc(OC)c(/N=N/c3c(S(=O)(=O)O)cc4cc(S(=O)(=O)O)cc(N)c4c3O)cc2OC)cc1. The van der Waals surface area contributed by atoms with Gasteiger partial charge in [0.05, 0.1) is 29.7 Å². The number of methoxy groups -OCH3 is 2. The van der Waals surface area contributed by atoms with Gasteiger partial charge in [-0.15, -0.1) is 15.3 Å². The van der Waals surface area contributed by atoms with Gasteiger partial charge in [-0.05, 0) is 60.7 Å². The van der Waals surface area contributed by atoms with Gasteiger partial charge in [0, 0.05) is 29.2 Å². The third kappa shape index (κ3) is 8.29. The summed E-state index contributed by atoms with van der Waals surface area (Å²) < 4.78 is 106. The van der Waals surface area contributed by atoms with Crippen molar-refractivity contribution in [3.05, 3.63) is 54.6 Å². The number of nitrogens with one attached hydrogen (secondary N) is 1. The number of fused-ring (bicyclic) bond motifs is 1. The second-order valence-corrected chi connectivity index (χ2v) is 14.9. The molecule has 0 saturated carbocycles. The van der Waals surface area contributed by atoms with Gasteiger partial charge in [-0.3, -0.25) is 9.11 Å². The summed E-state index contributed by atoms with van der Waals surface area (Å²) >= 11 is 0. The fraction of sp³-hybridized carbons (Fsp3) is 0.241. The fourth-order valence-electron chi connectivity index (χ4n) is 4.61. The van der Waals surface area contributed by atoms with Crippen LogP contribution in [0.2, 0.25) is 0 Å². The highest BCUT2D eigenvalue weighted by atomic mass is 32.2. The Hall–Kier alpha value is -4.73. The summed E-state index contributed by atoms with van der Waals surface area (Å²) in [7, 11) is -11.0. The van der Waals surface area contributed by atoms with E-state index in [2.05, 4.69) is 25.2 Å². The minimum absolute atomic E-state index is 0.0402. The standard InChI is InChI=1S/C29H32N6O11S3/c1-5-17(6-2)35-47(37,38)19-9-7-18(8-10-19)31-32-22-14-25(46-4)23(15-24(22)45-3)33-34-28-26(49(42,43)44)12-16-11-20(48(39,40)41)13-21(30)27(16)29(28)36/h7-15,17,35-36H,5-6,30H2,1-4H3,(H,39,40,41)(H,42,43,44)/b32-31+,34-33+. The van der Waals surface area contributed by atoms with Crippen LogP contribution in [-0.4, -0.2) is 59.7 Å². The number of rotatable bonds is 13. The lowest BCUT2D eigenvalue weighted by atomic mass is 10.1. The van der Waals surface area contributed by atoms with E-state index in [1.807, 2.05) is 13.8 Å². The zero-order chi connectivity index (χ0) is 36.3. The molecule has 6 N–H and O–H groups in total. The van der Waals surface area contributed by atoms with E-state index in [9.17, 15) is 39.5 Å². The van der Waals surface area contributed by atoms with Crippen molar-refractivity contribution in [1.82, 2.24) is 4.72 Å². The molecule has 20 heteroatoms. The summed E-state index contributed by atoms with van der Waals surface area (Å²) in [6.45, 7) is 3.78. The first-order valence-electron chi connectivity index (χ1n) is 14.2. The van der Waals surface area contributed by atoms with Crippen LogP contribution in [0.25, 0.3) is 10.8 Å². The number of benzene rings is 4. The summed E-state index contributed by atoms with van der Waals surface area (Å²) in [6, 6.07) is 10.7. The molecule has 0 atom stereocenters. The summed E-state index contributed by atoms with van der Waals surface area (Å²) in [5.74, 6) is -0.722. The number of nitrogen functional groups attached to an aromatic ring is 1. The van der Waals surface area contributed by atoms with E-state index in [1.165, 1.54) is 50.6 Å². The van der Waals surface area contributed by atoms with E-state index in [4.69, 9.17) is 15.2 Å². The van der Waals surface area contributed by atoms with Crippen molar-refractivity contribution < 1.29 is 48.9 Å². The normalized spacial score (nSPS) is 12.8. The highest BCUT2D eigenvalue weighted by molar-refractivity contribution is 7.89. The van der Waals surface area contributed by atoms with Crippen molar-refractivity contribution in [2.24, 2.45) is 20.5 Å². The third-order valence-corrected chi connectivity index (χ3v) is 10.4. The molecular formula is C29H32N6O11S3. The number of hydrogen-bond acceptors (Lipinski definition) is 14. The smallest absolute Gasteiger partial charge is 0.296 e. The summed E-state index contributed by atoms with van der Waals surface area (Å²) in [4.78, 5) is -1.57. The Morgan fingerprint density at radius 1 is 0.755 bits per heavy atom. The van der Waals surface area contributed by atoms with Crippen LogP contribution in [0.1, 0.15) is 26.7 Å². The molecule has 0 unspecified atom stereocenters. The molecule has 0 bridgehead atoms. The van der Waals surface area contributed by atoms with E-state index in [1.54, 1.807) is 0 Å². The van der Waals surface area contributed by atoms with Crippen molar-refractivity contribution in [1.29, 1.82) is 0 Å². The lowest BCUT2D eigenvalue weighted by Gasteiger charge is -2.14. The van der Waals surface area contributed by atoms with Crippen LogP contribution in [0, 0.1) is 0 Å². The van der Waals surface area contributed by atoms with E-state index >= 15 is 0 Å². The first-order valence-corrected chi connectivity index (χ1v) is 18.6. The molecule has 0 aliphatic carbocycles. The molecule has 49 heavy (non-hydrogen) atoms. The van der Waals surface area contributed by atoms with Crippen molar-refractivity contribution in [3.8, 4) is 17.2 Å². The second-order valence-electron chi connectivity index (χ2n) is 10.4. The van der Waals surface area contributed by atoms with Crippen LogP contribution < -0.4 is 19.9 Å².